The van der Waals surface area contributed by atoms with E-state index in [4.69, 9.17) is 0 Å². The van der Waals surface area contributed by atoms with Gasteiger partial charge in [0.25, 0.3) is 0 Å². The lowest BCUT2D eigenvalue weighted by atomic mass is 9.93. The Morgan fingerprint density at radius 3 is 3.00 bits per heavy atom. The number of aryl methyl sites for hydroxylation is 1. The van der Waals surface area contributed by atoms with Crippen LogP contribution in [0.15, 0.2) is 31.1 Å². The molecule has 0 bridgehead atoms. The average molecular weight is 342 g/mol. The lowest BCUT2D eigenvalue weighted by Gasteiger charge is -2.33. The van der Waals surface area contributed by atoms with Gasteiger partial charge in [-0.1, -0.05) is 0 Å². The number of carbonyl (C=O) groups excluding carboxylic acids is 1. The summed E-state index contributed by atoms with van der Waals surface area (Å²) in [4.78, 5) is 27.3. The molecule has 1 N–H and O–H groups in total. The van der Waals surface area contributed by atoms with Gasteiger partial charge in [0.1, 0.15) is 5.82 Å². The second-order valence-electron chi connectivity index (χ2n) is 6.56. The van der Waals surface area contributed by atoms with Crippen LogP contribution in [0.1, 0.15) is 31.4 Å². The average Bonchev–Trinajstić information content (AvgIpc) is 3.16. The van der Waals surface area contributed by atoms with E-state index < -0.39 is 0 Å². The van der Waals surface area contributed by atoms with E-state index in [0.717, 1.165) is 56.8 Å². The highest BCUT2D eigenvalue weighted by Gasteiger charge is 2.24. The number of aromatic nitrogens is 4. The minimum atomic E-state index is 0.262. The zero-order chi connectivity index (χ0) is 17.5. The van der Waals surface area contributed by atoms with Crippen molar-refractivity contribution < 1.29 is 4.79 Å². The van der Waals surface area contributed by atoms with Gasteiger partial charge in [-0.3, -0.25) is 9.78 Å². The molecule has 0 radical (unpaired) electrons. The van der Waals surface area contributed by atoms with Gasteiger partial charge in [-0.2, -0.15) is 0 Å². The van der Waals surface area contributed by atoms with E-state index in [9.17, 15) is 4.79 Å². The monoisotopic (exact) mass is 342 g/mol. The molecule has 0 saturated carbocycles. The van der Waals surface area contributed by atoms with Gasteiger partial charge >= 0.3 is 0 Å². The van der Waals surface area contributed by atoms with Crippen molar-refractivity contribution >= 4 is 11.7 Å². The van der Waals surface area contributed by atoms with Crippen LogP contribution in [0.25, 0.3) is 0 Å². The van der Waals surface area contributed by atoms with Crippen LogP contribution in [0, 0.1) is 5.92 Å². The molecule has 3 heterocycles. The van der Waals surface area contributed by atoms with Crippen molar-refractivity contribution in [3.05, 3.63) is 36.8 Å². The van der Waals surface area contributed by atoms with Crippen LogP contribution < -0.4 is 5.32 Å². The molecule has 1 aliphatic rings. The second kappa shape index (κ2) is 8.60. The number of rotatable bonds is 7. The van der Waals surface area contributed by atoms with E-state index in [1.54, 1.807) is 24.9 Å². The third-order valence-corrected chi connectivity index (χ3v) is 4.73. The van der Waals surface area contributed by atoms with Crippen molar-refractivity contribution in [2.45, 2.75) is 38.6 Å². The highest BCUT2D eigenvalue weighted by molar-refractivity contribution is 5.76. The maximum Gasteiger partial charge on any atom is 0.222 e. The van der Waals surface area contributed by atoms with E-state index in [0.29, 0.717) is 12.3 Å². The van der Waals surface area contributed by atoms with Gasteiger partial charge in [0.2, 0.25) is 5.91 Å². The number of hydrogen-bond acceptors (Lipinski definition) is 5. The van der Waals surface area contributed by atoms with Crippen molar-refractivity contribution in [2.24, 2.45) is 5.92 Å². The summed E-state index contributed by atoms with van der Waals surface area (Å²) < 4.78 is 2.01. The van der Waals surface area contributed by atoms with Gasteiger partial charge in [-0.25, -0.2) is 9.97 Å². The number of nitrogens with one attached hydrogen (secondary N) is 1. The largest absolute Gasteiger partial charge is 0.372 e. The normalized spacial score (nSPS) is 17.5. The Hall–Kier alpha value is -2.44. The molecule has 1 amide bonds. The van der Waals surface area contributed by atoms with Crippen LogP contribution >= 0.6 is 0 Å². The predicted molar refractivity (Wildman–Crippen MR) is 96.0 cm³/mol. The number of piperidine rings is 1. The predicted octanol–water partition coefficient (Wildman–Crippen LogP) is 1.98. The summed E-state index contributed by atoms with van der Waals surface area (Å²) in [6.07, 6.45) is 13.4. The molecule has 1 fully saturated rings. The second-order valence-corrected chi connectivity index (χ2v) is 6.56. The molecule has 0 aliphatic carbocycles. The maximum absolute atomic E-state index is 12.5. The van der Waals surface area contributed by atoms with Crippen LogP contribution in [-0.4, -0.2) is 50.5 Å². The van der Waals surface area contributed by atoms with Gasteiger partial charge < -0.3 is 14.8 Å². The molecule has 0 aromatic carbocycles. The van der Waals surface area contributed by atoms with Gasteiger partial charge in [0.05, 0.1) is 12.0 Å². The molecule has 1 aliphatic heterocycles. The van der Waals surface area contributed by atoms with Crippen molar-refractivity contribution in [2.75, 3.05) is 25.5 Å². The Morgan fingerprint density at radius 2 is 2.20 bits per heavy atom. The van der Waals surface area contributed by atoms with Crippen LogP contribution in [0.3, 0.4) is 0 Å². The number of carbonyl (C=O) groups is 1. The van der Waals surface area contributed by atoms with Crippen LogP contribution in [0.5, 0.6) is 0 Å². The van der Waals surface area contributed by atoms with E-state index in [1.165, 1.54) is 0 Å². The molecule has 2 aromatic rings. The molecular formula is C18H26N6O. The van der Waals surface area contributed by atoms with Crippen molar-refractivity contribution in [3.8, 4) is 0 Å². The van der Waals surface area contributed by atoms with Crippen molar-refractivity contribution in [1.29, 1.82) is 0 Å². The molecule has 7 heteroatoms. The standard InChI is InChI=1S/C18H26N6O/c1-19-18-16(21-6-7-22-18)12-15-4-2-10-24(13-15)17(25)5-3-9-23-11-8-20-14-23/h6-8,11,14-15H,2-5,9-10,12-13H2,1H3,(H,19,22)/t15-/m0/s1. The highest BCUT2D eigenvalue weighted by Crippen LogP contribution is 2.23. The minimum Gasteiger partial charge on any atom is -0.372 e. The van der Waals surface area contributed by atoms with Crippen molar-refractivity contribution in [3.63, 3.8) is 0 Å². The summed E-state index contributed by atoms with van der Waals surface area (Å²) in [6.45, 7) is 2.54. The van der Waals surface area contributed by atoms with E-state index in [-0.39, 0.29) is 5.91 Å². The van der Waals surface area contributed by atoms with Crippen molar-refractivity contribution in [1.82, 2.24) is 24.4 Å². The number of hydrogen-bond donors (Lipinski definition) is 1. The number of anilines is 1. The minimum absolute atomic E-state index is 0.262. The van der Waals surface area contributed by atoms with E-state index >= 15 is 0 Å². The number of amides is 1. The summed E-state index contributed by atoms with van der Waals surface area (Å²) in [6, 6.07) is 0. The van der Waals surface area contributed by atoms with Crippen LogP contribution in [-0.2, 0) is 17.8 Å². The first-order valence-corrected chi connectivity index (χ1v) is 8.97. The maximum atomic E-state index is 12.5. The Bertz CT molecular complexity index is 672. The first-order chi connectivity index (χ1) is 12.3. The molecule has 3 rings (SSSR count). The molecular weight excluding hydrogens is 316 g/mol. The Labute approximate surface area is 148 Å². The lowest BCUT2D eigenvalue weighted by molar-refractivity contribution is -0.133. The summed E-state index contributed by atoms with van der Waals surface area (Å²) >= 11 is 0. The molecule has 25 heavy (non-hydrogen) atoms. The zero-order valence-corrected chi connectivity index (χ0v) is 14.8. The topological polar surface area (TPSA) is 75.9 Å². The summed E-state index contributed by atoms with van der Waals surface area (Å²) in [7, 11) is 1.87. The summed E-state index contributed by atoms with van der Waals surface area (Å²) in [5.41, 5.74) is 0.990. The molecule has 1 saturated heterocycles. The summed E-state index contributed by atoms with van der Waals surface area (Å²) in [5, 5.41) is 3.10. The number of nitrogens with zero attached hydrogens (tertiary/aromatic N) is 5. The quantitative estimate of drug-likeness (QED) is 0.833. The molecule has 1 atom stereocenters. The van der Waals surface area contributed by atoms with Gasteiger partial charge in [-0.05, 0) is 31.6 Å². The first kappa shape index (κ1) is 17.4. The van der Waals surface area contributed by atoms with E-state index in [2.05, 4.69) is 20.3 Å². The smallest absolute Gasteiger partial charge is 0.222 e. The lowest BCUT2D eigenvalue weighted by Crippen LogP contribution is -2.40. The molecule has 134 valence electrons. The molecule has 7 nitrogen and oxygen atoms in total. The van der Waals surface area contributed by atoms with Crippen LogP contribution in [0.4, 0.5) is 5.82 Å². The Morgan fingerprint density at radius 1 is 1.32 bits per heavy atom. The third-order valence-electron chi connectivity index (χ3n) is 4.73. The van der Waals surface area contributed by atoms with Gasteiger partial charge in [0, 0.05) is 57.9 Å². The number of imidazole rings is 1. The third kappa shape index (κ3) is 4.78. The Balaban J connectivity index is 1.49. The zero-order valence-electron chi connectivity index (χ0n) is 14.8. The van der Waals surface area contributed by atoms with Crippen LogP contribution in [0.2, 0.25) is 0 Å². The van der Waals surface area contributed by atoms with Gasteiger partial charge in [-0.15, -0.1) is 0 Å². The number of likely N-dealkylation sites (tertiary alicyclic amines) is 1. The molecule has 2 aromatic heterocycles. The first-order valence-electron chi connectivity index (χ1n) is 8.97. The summed E-state index contributed by atoms with van der Waals surface area (Å²) in [5.74, 6) is 1.55. The molecule has 0 spiro atoms. The molecule has 0 unspecified atom stereocenters. The van der Waals surface area contributed by atoms with Gasteiger partial charge in [0.15, 0.2) is 0 Å². The van der Waals surface area contributed by atoms with E-state index in [1.807, 2.05) is 22.7 Å². The SMILES string of the molecule is CNc1nccnc1C[C@@H]1CCCN(C(=O)CCCn2ccnc2)C1. The fraction of sp³-hybridized carbons (Fsp3) is 0.556. The fourth-order valence-corrected chi connectivity index (χ4v) is 3.45. The fourth-order valence-electron chi connectivity index (χ4n) is 3.45. The highest BCUT2D eigenvalue weighted by atomic mass is 16.2. The Kier molecular flexibility index (Phi) is 5.98.